The van der Waals surface area contributed by atoms with E-state index in [4.69, 9.17) is 33.7 Å². The second-order valence-electron chi connectivity index (χ2n) is 4.80. The summed E-state index contributed by atoms with van der Waals surface area (Å²) >= 11 is 11.9. The minimum atomic E-state index is -0.481. The van der Waals surface area contributed by atoms with Crippen LogP contribution in [-0.2, 0) is 6.42 Å². The van der Waals surface area contributed by atoms with E-state index in [-0.39, 0.29) is 11.1 Å². The molecule has 0 saturated heterocycles. The highest BCUT2D eigenvalue weighted by atomic mass is 35.5. The zero-order chi connectivity index (χ0) is 15.4. The Morgan fingerprint density at radius 1 is 1.10 bits per heavy atom. The number of ether oxygens (including phenoxy) is 1. The van der Waals surface area contributed by atoms with Gasteiger partial charge in [-0.15, -0.1) is 0 Å². The third kappa shape index (κ3) is 4.34. The van der Waals surface area contributed by atoms with Gasteiger partial charge in [-0.1, -0.05) is 36.2 Å². The molecule has 0 aliphatic heterocycles. The lowest BCUT2D eigenvalue weighted by molar-refractivity contribution is 0.480. The second-order valence-corrected chi connectivity index (χ2v) is 5.62. The molecule has 2 nitrogen and oxygen atoms in total. The Balaban J connectivity index is 2.14. The Morgan fingerprint density at radius 2 is 1.71 bits per heavy atom. The van der Waals surface area contributed by atoms with Crippen molar-refractivity contribution < 1.29 is 9.13 Å². The molecule has 0 radical (unpaired) electrons. The van der Waals surface area contributed by atoms with Crippen LogP contribution in [0.15, 0.2) is 36.4 Å². The van der Waals surface area contributed by atoms with Crippen molar-refractivity contribution in [2.75, 3.05) is 0 Å². The standard InChI is InChI=1S/C16H16Cl2FNO/c1-2-11(20)7-10-3-4-12(8-14(10)17)21-13-5-6-16(19)15(18)9-13/h3-6,8-9,11H,2,7,20H2,1H3. The number of benzene rings is 2. The van der Waals surface area contributed by atoms with Crippen LogP contribution >= 0.6 is 23.2 Å². The molecule has 0 bridgehead atoms. The van der Waals surface area contributed by atoms with Crippen molar-refractivity contribution in [1.82, 2.24) is 0 Å². The van der Waals surface area contributed by atoms with Crippen LogP contribution in [0.1, 0.15) is 18.9 Å². The number of nitrogens with two attached hydrogens (primary N) is 1. The van der Waals surface area contributed by atoms with Gasteiger partial charge in [0.1, 0.15) is 17.3 Å². The van der Waals surface area contributed by atoms with E-state index in [9.17, 15) is 4.39 Å². The van der Waals surface area contributed by atoms with E-state index in [0.29, 0.717) is 16.5 Å². The summed E-state index contributed by atoms with van der Waals surface area (Å²) in [5.74, 6) is 0.540. The predicted molar refractivity (Wildman–Crippen MR) is 84.9 cm³/mol. The van der Waals surface area contributed by atoms with Crippen LogP contribution in [0.3, 0.4) is 0 Å². The molecule has 1 unspecified atom stereocenters. The van der Waals surface area contributed by atoms with Gasteiger partial charge in [0.2, 0.25) is 0 Å². The van der Waals surface area contributed by atoms with E-state index in [2.05, 4.69) is 0 Å². The zero-order valence-electron chi connectivity index (χ0n) is 11.6. The normalized spacial score (nSPS) is 12.2. The van der Waals surface area contributed by atoms with Gasteiger partial charge in [-0.2, -0.15) is 0 Å². The first-order chi connectivity index (χ1) is 9.99. The molecule has 5 heteroatoms. The Hall–Kier alpha value is -1.29. The maximum Gasteiger partial charge on any atom is 0.142 e. The summed E-state index contributed by atoms with van der Waals surface area (Å²) in [5, 5.41) is 0.619. The average molecular weight is 328 g/mol. The number of halogens is 3. The molecule has 0 spiro atoms. The number of hydrogen-bond donors (Lipinski definition) is 1. The fraction of sp³-hybridized carbons (Fsp3) is 0.250. The van der Waals surface area contributed by atoms with E-state index in [0.717, 1.165) is 18.4 Å². The molecule has 112 valence electrons. The lowest BCUT2D eigenvalue weighted by Gasteiger charge is -2.12. The fourth-order valence-corrected chi connectivity index (χ4v) is 2.28. The minimum absolute atomic E-state index is 0.0177. The van der Waals surface area contributed by atoms with Gasteiger partial charge in [0.05, 0.1) is 5.02 Å². The molecule has 2 N–H and O–H groups in total. The molecule has 0 aliphatic rings. The molecule has 0 heterocycles. The van der Waals surface area contributed by atoms with Gasteiger partial charge in [-0.05, 0) is 42.7 Å². The lowest BCUT2D eigenvalue weighted by Crippen LogP contribution is -2.21. The van der Waals surface area contributed by atoms with Gasteiger partial charge in [0.15, 0.2) is 0 Å². The SMILES string of the molecule is CCC(N)Cc1ccc(Oc2ccc(F)c(Cl)c2)cc1Cl. The van der Waals surface area contributed by atoms with E-state index in [1.165, 1.54) is 18.2 Å². The molecule has 0 amide bonds. The monoisotopic (exact) mass is 327 g/mol. The van der Waals surface area contributed by atoms with Crippen molar-refractivity contribution >= 4 is 23.2 Å². The third-order valence-electron chi connectivity index (χ3n) is 3.16. The minimum Gasteiger partial charge on any atom is -0.457 e. The highest BCUT2D eigenvalue weighted by Crippen LogP contribution is 2.29. The summed E-state index contributed by atoms with van der Waals surface area (Å²) in [6.45, 7) is 2.04. The van der Waals surface area contributed by atoms with E-state index < -0.39 is 5.82 Å². The summed E-state index contributed by atoms with van der Waals surface area (Å²) in [6.07, 6.45) is 1.61. The van der Waals surface area contributed by atoms with Crippen LogP contribution in [0.25, 0.3) is 0 Å². The summed E-state index contributed by atoms with van der Waals surface area (Å²) in [6, 6.07) is 9.69. The van der Waals surface area contributed by atoms with Crippen molar-refractivity contribution in [3.63, 3.8) is 0 Å². The summed E-state index contributed by atoms with van der Waals surface area (Å²) in [4.78, 5) is 0. The fourth-order valence-electron chi connectivity index (χ4n) is 1.86. The van der Waals surface area contributed by atoms with Crippen LogP contribution < -0.4 is 10.5 Å². The first-order valence-electron chi connectivity index (χ1n) is 6.66. The molecule has 2 aromatic carbocycles. The Morgan fingerprint density at radius 3 is 2.29 bits per heavy atom. The first kappa shape index (κ1) is 16.1. The molecule has 0 aliphatic carbocycles. The van der Waals surface area contributed by atoms with Gasteiger partial charge < -0.3 is 10.5 Å². The lowest BCUT2D eigenvalue weighted by atomic mass is 10.0. The Labute approximate surface area is 133 Å². The smallest absolute Gasteiger partial charge is 0.142 e. The van der Waals surface area contributed by atoms with Crippen LogP contribution in [-0.4, -0.2) is 6.04 Å². The highest BCUT2D eigenvalue weighted by molar-refractivity contribution is 6.31. The Kier molecular flexibility index (Phi) is 5.45. The van der Waals surface area contributed by atoms with E-state index in [1.54, 1.807) is 12.1 Å². The van der Waals surface area contributed by atoms with Crippen LogP contribution in [0.4, 0.5) is 4.39 Å². The summed E-state index contributed by atoms with van der Waals surface area (Å²) < 4.78 is 18.7. The maximum absolute atomic E-state index is 13.1. The average Bonchev–Trinajstić information content (AvgIpc) is 2.45. The molecule has 1 atom stereocenters. The van der Waals surface area contributed by atoms with E-state index in [1.807, 2.05) is 13.0 Å². The molecule has 2 rings (SSSR count). The quantitative estimate of drug-likeness (QED) is 0.818. The Bertz CT molecular complexity index is 634. The van der Waals surface area contributed by atoms with Gasteiger partial charge in [-0.25, -0.2) is 4.39 Å². The highest BCUT2D eigenvalue weighted by Gasteiger charge is 2.08. The molecule has 21 heavy (non-hydrogen) atoms. The molecular weight excluding hydrogens is 312 g/mol. The number of rotatable bonds is 5. The molecule has 0 saturated carbocycles. The first-order valence-corrected chi connectivity index (χ1v) is 7.42. The maximum atomic E-state index is 13.1. The van der Waals surface area contributed by atoms with E-state index >= 15 is 0 Å². The van der Waals surface area contributed by atoms with Gasteiger partial charge in [0.25, 0.3) is 0 Å². The largest absolute Gasteiger partial charge is 0.457 e. The van der Waals surface area contributed by atoms with Gasteiger partial charge in [0, 0.05) is 17.1 Å². The van der Waals surface area contributed by atoms with Crippen molar-refractivity contribution in [3.8, 4) is 11.5 Å². The third-order valence-corrected chi connectivity index (χ3v) is 3.80. The molecule has 0 fully saturated rings. The number of hydrogen-bond acceptors (Lipinski definition) is 2. The molecule has 0 aromatic heterocycles. The van der Waals surface area contributed by atoms with Crippen LogP contribution in [0.5, 0.6) is 11.5 Å². The zero-order valence-corrected chi connectivity index (χ0v) is 13.1. The summed E-state index contributed by atoms with van der Waals surface area (Å²) in [7, 11) is 0. The predicted octanol–water partition coefficient (Wildman–Crippen LogP) is 5.20. The topological polar surface area (TPSA) is 35.2 Å². The van der Waals surface area contributed by atoms with Crippen molar-refractivity contribution in [2.24, 2.45) is 5.73 Å². The van der Waals surface area contributed by atoms with Crippen molar-refractivity contribution in [1.29, 1.82) is 0 Å². The molecular formula is C16H16Cl2FNO. The van der Waals surface area contributed by atoms with Crippen molar-refractivity contribution in [3.05, 3.63) is 57.8 Å². The molecule has 2 aromatic rings. The van der Waals surface area contributed by atoms with Gasteiger partial charge >= 0.3 is 0 Å². The van der Waals surface area contributed by atoms with Crippen molar-refractivity contribution in [2.45, 2.75) is 25.8 Å². The second kappa shape index (κ2) is 7.12. The van der Waals surface area contributed by atoms with Crippen LogP contribution in [0, 0.1) is 5.82 Å². The summed E-state index contributed by atoms with van der Waals surface area (Å²) in [5.41, 5.74) is 6.91. The van der Waals surface area contributed by atoms with Gasteiger partial charge in [-0.3, -0.25) is 0 Å². The van der Waals surface area contributed by atoms with Crippen LogP contribution in [0.2, 0.25) is 10.0 Å².